The summed E-state index contributed by atoms with van der Waals surface area (Å²) in [6.45, 7) is 6.06. The largest absolute Gasteiger partial charge is 0.324 e. The molecule has 2 aromatic rings. The number of nitrogens with two attached hydrogens (primary N) is 1. The van der Waals surface area contributed by atoms with Gasteiger partial charge < -0.3 is 5.73 Å². The van der Waals surface area contributed by atoms with E-state index in [-0.39, 0.29) is 6.04 Å². The summed E-state index contributed by atoms with van der Waals surface area (Å²) >= 11 is 0. The van der Waals surface area contributed by atoms with Crippen molar-refractivity contribution in [3.05, 3.63) is 47.2 Å². The lowest BCUT2D eigenvalue weighted by Gasteiger charge is -2.06. The van der Waals surface area contributed by atoms with E-state index in [1.165, 1.54) is 16.5 Å². The normalized spacial score (nSPS) is 14.0. The fourth-order valence-electron chi connectivity index (χ4n) is 1.73. The molecule has 2 heteroatoms. The first-order valence-corrected chi connectivity index (χ1v) is 5.87. The van der Waals surface area contributed by atoms with Crippen molar-refractivity contribution in [1.29, 1.82) is 0 Å². The lowest BCUT2D eigenvalue weighted by atomic mass is 10.1. The third-order valence-corrected chi connectivity index (χ3v) is 2.97. The van der Waals surface area contributed by atoms with Crippen LogP contribution in [0.3, 0.4) is 0 Å². The van der Waals surface area contributed by atoms with Crippen LogP contribution in [0.1, 0.15) is 25.1 Å². The van der Waals surface area contributed by atoms with Gasteiger partial charge in [0.2, 0.25) is 0 Å². The second-order valence-electron chi connectivity index (χ2n) is 4.58. The van der Waals surface area contributed by atoms with Gasteiger partial charge >= 0.3 is 0 Å². The third kappa shape index (κ3) is 2.71. The van der Waals surface area contributed by atoms with Crippen molar-refractivity contribution in [3.63, 3.8) is 0 Å². The van der Waals surface area contributed by atoms with Crippen LogP contribution in [0.2, 0.25) is 0 Å². The van der Waals surface area contributed by atoms with Gasteiger partial charge in [0.15, 0.2) is 0 Å². The van der Waals surface area contributed by atoms with Gasteiger partial charge in [0, 0.05) is 17.1 Å². The van der Waals surface area contributed by atoms with E-state index >= 15 is 0 Å². The van der Waals surface area contributed by atoms with Crippen molar-refractivity contribution in [2.75, 3.05) is 0 Å². The zero-order valence-corrected chi connectivity index (χ0v) is 10.6. The molecule has 0 saturated heterocycles. The van der Waals surface area contributed by atoms with Crippen molar-refractivity contribution in [1.82, 2.24) is 4.98 Å². The van der Waals surface area contributed by atoms with Gasteiger partial charge in [-0.1, -0.05) is 23.8 Å². The molecule has 2 rings (SSSR count). The second kappa shape index (κ2) is 4.68. The number of rotatable bonds is 2. The summed E-state index contributed by atoms with van der Waals surface area (Å²) in [5, 5.41) is 1.17. The van der Waals surface area contributed by atoms with Crippen molar-refractivity contribution < 1.29 is 0 Å². The summed E-state index contributed by atoms with van der Waals surface area (Å²) in [7, 11) is 0. The summed E-state index contributed by atoms with van der Waals surface area (Å²) in [6.07, 6.45) is 2.13. The van der Waals surface area contributed by atoms with Crippen LogP contribution in [0, 0.1) is 6.92 Å². The highest BCUT2D eigenvalue weighted by molar-refractivity contribution is 5.81. The molecule has 0 bridgehead atoms. The van der Waals surface area contributed by atoms with Crippen LogP contribution in [0.4, 0.5) is 0 Å². The molecular formula is C15H18N2. The molecule has 2 nitrogen and oxygen atoms in total. The maximum absolute atomic E-state index is 5.84. The molecule has 88 valence electrons. The molecule has 0 saturated carbocycles. The second-order valence-corrected chi connectivity index (χ2v) is 4.58. The molecule has 1 heterocycles. The molecule has 17 heavy (non-hydrogen) atoms. The maximum atomic E-state index is 5.84. The summed E-state index contributed by atoms with van der Waals surface area (Å²) in [6, 6.07) is 10.5. The minimum Gasteiger partial charge on any atom is -0.324 e. The Morgan fingerprint density at radius 1 is 1.29 bits per heavy atom. The predicted octanol–water partition coefficient (Wildman–Crippen LogP) is 3.29. The Bertz CT molecular complexity index is 568. The number of benzene rings is 1. The van der Waals surface area contributed by atoms with Crippen LogP contribution < -0.4 is 5.73 Å². The summed E-state index contributed by atoms with van der Waals surface area (Å²) in [5.41, 5.74) is 10.3. The topological polar surface area (TPSA) is 38.9 Å². The minimum atomic E-state index is 0.0989. The number of nitrogens with zero attached hydrogens (tertiary/aromatic N) is 1. The summed E-state index contributed by atoms with van der Waals surface area (Å²) in [4.78, 5) is 4.49. The Labute approximate surface area is 102 Å². The number of hydrogen-bond donors (Lipinski definition) is 1. The van der Waals surface area contributed by atoms with Crippen LogP contribution in [0.5, 0.6) is 0 Å². The van der Waals surface area contributed by atoms with Gasteiger partial charge in [-0.2, -0.15) is 0 Å². The van der Waals surface area contributed by atoms with Crippen LogP contribution in [0.15, 0.2) is 35.9 Å². The number of aromatic nitrogens is 1. The summed E-state index contributed by atoms with van der Waals surface area (Å²) < 4.78 is 0. The Kier molecular flexibility index (Phi) is 3.25. The van der Waals surface area contributed by atoms with Gasteiger partial charge in [-0.3, -0.25) is 4.98 Å². The molecular weight excluding hydrogens is 208 g/mol. The van der Waals surface area contributed by atoms with Crippen molar-refractivity contribution >= 4 is 17.0 Å². The molecule has 0 aliphatic rings. The zero-order valence-electron chi connectivity index (χ0n) is 10.6. The van der Waals surface area contributed by atoms with E-state index in [1.54, 1.807) is 0 Å². The molecule has 0 spiro atoms. The highest BCUT2D eigenvalue weighted by atomic mass is 14.7. The number of pyridine rings is 1. The molecule has 0 radical (unpaired) electrons. The lowest BCUT2D eigenvalue weighted by molar-refractivity contribution is 0.868. The standard InChI is InChI=1S/C15H18N2/c1-10(12(3)16)8-13-5-7-15-14(9-13)6-4-11(2)17-15/h4-9,12H,16H2,1-3H3/b10-8+. The fraction of sp³-hybridized carbons (Fsp3) is 0.267. The van der Waals surface area contributed by atoms with E-state index in [0.29, 0.717) is 0 Å². The number of aryl methyl sites for hydroxylation is 1. The highest BCUT2D eigenvalue weighted by Crippen LogP contribution is 2.17. The third-order valence-electron chi connectivity index (χ3n) is 2.97. The number of fused-ring (bicyclic) bond motifs is 1. The first kappa shape index (κ1) is 11.8. The molecule has 1 atom stereocenters. The number of hydrogen-bond acceptors (Lipinski definition) is 2. The van der Waals surface area contributed by atoms with Crippen LogP contribution in [-0.2, 0) is 0 Å². The molecule has 0 amide bonds. The predicted molar refractivity (Wildman–Crippen MR) is 73.8 cm³/mol. The first-order chi connectivity index (χ1) is 8.06. The smallest absolute Gasteiger partial charge is 0.0705 e. The Hall–Kier alpha value is -1.67. The molecule has 0 aliphatic carbocycles. The Balaban J connectivity index is 2.45. The average Bonchev–Trinajstić information content (AvgIpc) is 2.29. The van der Waals surface area contributed by atoms with Gasteiger partial charge in [0.25, 0.3) is 0 Å². The van der Waals surface area contributed by atoms with Crippen LogP contribution in [0.25, 0.3) is 17.0 Å². The molecule has 0 fully saturated rings. The molecule has 1 aromatic heterocycles. The van der Waals surface area contributed by atoms with Crippen LogP contribution in [-0.4, -0.2) is 11.0 Å². The van der Waals surface area contributed by atoms with Crippen molar-refractivity contribution in [2.24, 2.45) is 5.73 Å². The first-order valence-electron chi connectivity index (χ1n) is 5.87. The van der Waals surface area contributed by atoms with Gasteiger partial charge in [-0.05, 0) is 44.5 Å². The molecule has 1 aromatic carbocycles. The highest BCUT2D eigenvalue weighted by Gasteiger charge is 1.99. The van der Waals surface area contributed by atoms with Gasteiger partial charge in [-0.15, -0.1) is 0 Å². The van der Waals surface area contributed by atoms with E-state index < -0.39 is 0 Å². The van der Waals surface area contributed by atoms with Crippen LogP contribution >= 0.6 is 0 Å². The monoisotopic (exact) mass is 226 g/mol. The average molecular weight is 226 g/mol. The molecule has 0 aliphatic heterocycles. The van der Waals surface area contributed by atoms with E-state index in [4.69, 9.17) is 5.73 Å². The van der Waals surface area contributed by atoms with Crippen molar-refractivity contribution in [2.45, 2.75) is 26.8 Å². The SMILES string of the molecule is C/C(=C\c1ccc2nc(C)ccc2c1)C(C)N. The van der Waals surface area contributed by atoms with Crippen molar-refractivity contribution in [3.8, 4) is 0 Å². The van der Waals surface area contributed by atoms with E-state index in [0.717, 1.165) is 11.2 Å². The van der Waals surface area contributed by atoms with Gasteiger partial charge in [0.1, 0.15) is 0 Å². The Morgan fingerprint density at radius 2 is 2.06 bits per heavy atom. The quantitative estimate of drug-likeness (QED) is 0.853. The Morgan fingerprint density at radius 3 is 2.76 bits per heavy atom. The van der Waals surface area contributed by atoms with E-state index in [9.17, 15) is 0 Å². The molecule has 1 unspecified atom stereocenters. The zero-order chi connectivity index (χ0) is 12.4. The van der Waals surface area contributed by atoms with Gasteiger partial charge in [0.05, 0.1) is 5.52 Å². The summed E-state index contributed by atoms with van der Waals surface area (Å²) in [5.74, 6) is 0. The maximum Gasteiger partial charge on any atom is 0.0705 e. The minimum absolute atomic E-state index is 0.0989. The van der Waals surface area contributed by atoms with Gasteiger partial charge in [-0.25, -0.2) is 0 Å². The van der Waals surface area contributed by atoms with E-state index in [1.807, 2.05) is 19.9 Å². The van der Waals surface area contributed by atoms with E-state index in [2.05, 4.69) is 42.2 Å². The molecule has 2 N–H and O–H groups in total. The lowest BCUT2D eigenvalue weighted by Crippen LogP contribution is -2.15. The fourth-order valence-corrected chi connectivity index (χ4v) is 1.73.